The smallest absolute Gasteiger partial charge is 0.128 e. The van der Waals surface area contributed by atoms with Crippen molar-refractivity contribution in [2.24, 2.45) is 5.10 Å². The molecular formula is C21H19ClN2O. The van der Waals surface area contributed by atoms with Gasteiger partial charge in [-0.25, -0.2) is 0 Å². The number of nitrogens with one attached hydrogen (secondary N) is 1. The Balaban J connectivity index is 1.59. The predicted octanol–water partition coefficient (Wildman–Crippen LogP) is 5.04. The molecule has 1 N–H and O–H groups in total. The van der Waals surface area contributed by atoms with E-state index in [-0.39, 0.29) is 0 Å². The molecule has 0 atom stereocenters. The second kappa shape index (κ2) is 8.90. The zero-order chi connectivity index (χ0) is 17.3. The molecule has 126 valence electrons. The highest BCUT2D eigenvalue weighted by molar-refractivity contribution is 6.31. The highest BCUT2D eigenvalue weighted by Gasteiger charge is 2.01. The highest BCUT2D eigenvalue weighted by atomic mass is 35.5. The first kappa shape index (κ1) is 17.1. The molecule has 0 saturated heterocycles. The van der Waals surface area contributed by atoms with E-state index in [4.69, 9.17) is 16.3 Å². The summed E-state index contributed by atoms with van der Waals surface area (Å²) in [7, 11) is 0. The van der Waals surface area contributed by atoms with Crippen molar-refractivity contribution < 1.29 is 4.74 Å². The van der Waals surface area contributed by atoms with Gasteiger partial charge in [0.2, 0.25) is 0 Å². The number of hydrogen-bond donors (Lipinski definition) is 1. The fourth-order valence-electron chi connectivity index (χ4n) is 2.34. The Bertz CT molecular complexity index is 834. The van der Waals surface area contributed by atoms with Crippen LogP contribution in [0.4, 0.5) is 0 Å². The van der Waals surface area contributed by atoms with Crippen molar-refractivity contribution in [2.45, 2.75) is 13.2 Å². The number of ether oxygens (including phenoxy) is 1. The third-order valence-corrected chi connectivity index (χ3v) is 4.05. The molecule has 0 aliphatic heterocycles. The summed E-state index contributed by atoms with van der Waals surface area (Å²) in [5.74, 6) is 0.801. The minimum absolute atomic E-state index is 0.527. The van der Waals surface area contributed by atoms with Crippen LogP contribution in [0.2, 0.25) is 5.02 Å². The lowest BCUT2D eigenvalue weighted by Gasteiger charge is -2.09. The Morgan fingerprint density at radius 1 is 0.880 bits per heavy atom. The zero-order valence-corrected chi connectivity index (χ0v) is 14.5. The lowest BCUT2D eigenvalue weighted by Crippen LogP contribution is -2.06. The molecule has 4 heteroatoms. The van der Waals surface area contributed by atoms with E-state index in [1.165, 1.54) is 0 Å². The van der Waals surface area contributed by atoms with Gasteiger partial charge in [-0.15, -0.1) is 0 Å². The van der Waals surface area contributed by atoms with Gasteiger partial charge in [-0.3, -0.25) is 0 Å². The average Bonchev–Trinajstić information content (AvgIpc) is 2.66. The van der Waals surface area contributed by atoms with Crippen LogP contribution in [-0.2, 0) is 13.2 Å². The number of hydrogen-bond acceptors (Lipinski definition) is 3. The van der Waals surface area contributed by atoms with Gasteiger partial charge in [-0.05, 0) is 29.3 Å². The topological polar surface area (TPSA) is 33.6 Å². The van der Waals surface area contributed by atoms with Gasteiger partial charge in [0.05, 0.1) is 12.8 Å². The van der Waals surface area contributed by atoms with Gasteiger partial charge in [-0.2, -0.15) is 5.10 Å². The molecule has 0 saturated carbocycles. The molecule has 0 unspecified atom stereocenters. The molecule has 3 rings (SSSR count). The lowest BCUT2D eigenvalue weighted by atomic mass is 10.2. The van der Waals surface area contributed by atoms with Crippen LogP contribution < -0.4 is 10.2 Å². The molecule has 0 aliphatic rings. The minimum Gasteiger partial charge on any atom is -0.488 e. The van der Waals surface area contributed by atoms with Crippen LogP contribution in [-0.4, -0.2) is 6.21 Å². The Kier molecular flexibility index (Phi) is 6.07. The van der Waals surface area contributed by atoms with Crippen LogP contribution in [0.1, 0.15) is 16.7 Å². The van der Waals surface area contributed by atoms with Gasteiger partial charge in [0.1, 0.15) is 12.4 Å². The fraction of sp³-hybridized carbons (Fsp3) is 0.0952. The summed E-state index contributed by atoms with van der Waals surface area (Å²) < 4.78 is 5.92. The number of benzene rings is 3. The molecule has 0 amide bonds. The molecular weight excluding hydrogens is 332 g/mol. The number of rotatable bonds is 7. The molecule has 0 fully saturated rings. The van der Waals surface area contributed by atoms with Gasteiger partial charge >= 0.3 is 0 Å². The first-order valence-corrected chi connectivity index (χ1v) is 8.46. The Morgan fingerprint density at radius 3 is 2.44 bits per heavy atom. The molecule has 3 aromatic rings. The molecule has 25 heavy (non-hydrogen) atoms. The monoisotopic (exact) mass is 350 g/mol. The largest absolute Gasteiger partial charge is 0.488 e. The molecule has 0 radical (unpaired) electrons. The van der Waals surface area contributed by atoms with E-state index in [1.54, 1.807) is 6.21 Å². The standard InChI is InChI=1S/C21H19ClN2O/c22-20-12-6-4-10-18(20)14-23-24-15-19-11-5-7-13-21(19)25-16-17-8-2-1-3-9-17/h1-13,15,23H,14,16H2/b24-15-. The molecule has 0 bridgehead atoms. The molecule has 3 aromatic carbocycles. The third kappa shape index (κ3) is 5.10. The molecule has 0 spiro atoms. The number of hydrazone groups is 1. The van der Waals surface area contributed by atoms with E-state index in [0.717, 1.165) is 27.5 Å². The van der Waals surface area contributed by atoms with Crippen molar-refractivity contribution in [1.29, 1.82) is 0 Å². The number of para-hydroxylation sites is 1. The van der Waals surface area contributed by atoms with Crippen molar-refractivity contribution in [3.05, 3.63) is 101 Å². The van der Waals surface area contributed by atoms with Crippen molar-refractivity contribution in [3.63, 3.8) is 0 Å². The molecule has 0 heterocycles. The number of nitrogens with zero attached hydrogens (tertiary/aromatic N) is 1. The Morgan fingerprint density at radius 2 is 1.60 bits per heavy atom. The van der Waals surface area contributed by atoms with Crippen molar-refractivity contribution >= 4 is 17.8 Å². The van der Waals surface area contributed by atoms with Gasteiger partial charge in [0, 0.05) is 10.6 Å². The van der Waals surface area contributed by atoms with Gasteiger partial charge < -0.3 is 10.2 Å². The summed E-state index contributed by atoms with van der Waals surface area (Å²) in [4.78, 5) is 0. The molecule has 0 aromatic heterocycles. The van der Waals surface area contributed by atoms with Crippen LogP contribution in [0, 0.1) is 0 Å². The minimum atomic E-state index is 0.527. The predicted molar refractivity (Wildman–Crippen MR) is 103 cm³/mol. The second-order valence-electron chi connectivity index (χ2n) is 5.50. The first-order chi connectivity index (χ1) is 12.3. The summed E-state index contributed by atoms with van der Waals surface area (Å²) in [5.41, 5.74) is 6.08. The number of halogens is 1. The van der Waals surface area contributed by atoms with Gasteiger partial charge in [-0.1, -0.05) is 72.3 Å². The zero-order valence-electron chi connectivity index (χ0n) is 13.7. The van der Waals surface area contributed by atoms with E-state index in [9.17, 15) is 0 Å². The van der Waals surface area contributed by atoms with Crippen molar-refractivity contribution in [1.82, 2.24) is 5.43 Å². The van der Waals surface area contributed by atoms with E-state index in [0.29, 0.717) is 13.2 Å². The quantitative estimate of drug-likeness (QED) is 0.478. The second-order valence-corrected chi connectivity index (χ2v) is 5.90. The first-order valence-electron chi connectivity index (χ1n) is 8.08. The fourth-order valence-corrected chi connectivity index (χ4v) is 2.54. The maximum absolute atomic E-state index is 6.13. The maximum Gasteiger partial charge on any atom is 0.128 e. The molecule has 3 nitrogen and oxygen atoms in total. The van der Waals surface area contributed by atoms with Gasteiger partial charge in [0.25, 0.3) is 0 Å². The molecule has 0 aliphatic carbocycles. The van der Waals surface area contributed by atoms with Crippen LogP contribution >= 0.6 is 11.6 Å². The summed E-state index contributed by atoms with van der Waals surface area (Å²) in [6, 6.07) is 25.6. The Hall–Kier alpha value is -2.78. The van der Waals surface area contributed by atoms with Crippen molar-refractivity contribution in [3.8, 4) is 5.75 Å². The lowest BCUT2D eigenvalue weighted by molar-refractivity contribution is 0.306. The summed E-state index contributed by atoms with van der Waals surface area (Å²) in [5, 5.41) is 5.01. The third-order valence-electron chi connectivity index (χ3n) is 3.68. The SMILES string of the molecule is Clc1ccccc1CN/N=C\c1ccccc1OCc1ccccc1. The van der Waals surface area contributed by atoms with Crippen LogP contribution in [0.15, 0.2) is 84.0 Å². The van der Waals surface area contributed by atoms with Crippen LogP contribution in [0.25, 0.3) is 0 Å². The van der Waals surface area contributed by atoms with E-state index < -0.39 is 0 Å². The van der Waals surface area contributed by atoms with Crippen LogP contribution in [0.5, 0.6) is 5.75 Å². The van der Waals surface area contributed by atoms with E-state index >= 15 is 0 Å². The summed E-state index contributed by atoms with van der Waals surface area (Å²) in [6.07, 6.45) is 1.76. The van der Waals surface area contributed by atoms with E-state index in [1.807, 2.05) is 78.9 Å². The normalized spacial score (nSPS) is 10.8. The summed E-state index contributed by atoms with van der Waals surface area (Å²) >= 11 is 6.13. The Labute approximate surface area is 152 Å². The average molecular weight is 351 g/mol. The summed E-state index contributed by atoms with van der Waals surface area (Å²) in [6.45, 7) is 1.10. The van der Waals surface area contributed by atoms with Crippen LogP contribution in [0.3, 0.4) is 0 Å². The van der Waals surface area contributed by atoms with Gasteiger partial charge in [0.15, 0.2) is 0 Å². The van der Waals surface area contributed by atoms with E-state index in [2.05, 4.69) is 10.5 Å². The highest BCUT2D eigenvalue weighted by Crippen LogP contribution is 2.18. The van der Waals surface area contributed by atoms with Crippen molar-refractivity contribution in [2.75, 3.05) is 0 Å². The maximum atomic E-state index is 6.13.